The van der Waals surface area contributed by atoms with Crippen LogP contribution in [-0.4, -0.2) is 70.7 Å². The van der Waals surface area contributed by atoms with E-state index in [1.165, 1.54) is 11.0 Å². The average molecular weight is 572 g/mol. The Kier molecular flexibility index (Phi) is 8.01. The van der Waals surface area contributed by atoms with Gasteiger partial charge in [-0.1, -0.05) is 12.1 Å². The zero-order chi connectivity index (χ0) is 29.4. The van der Waals surface area contributed by atoms with Crippen LogP contribution in [0.3, 0.4) is 0 Å². The summed E-state index contributed by atoms with van der Waals surface area (Å²) in [5.41, 5.74) is -2.56. The largest absolute Gasteiger partial charge is 0.508 e. The van der Waals surface area contributed by atoms with Gasteiger partial charge in [-0.05, 0) is 53.9 Å². The summed E-state index contributed by atoms with van der Waals surface area (Å²) in [7, 11) is 3.48. The molecule has 4 rings (SSSR count). The number of hydrogen-bond acceptors (Lipinski definition) is 7. The van der Waals surface area contributed by atoms with Gasteiger partial charge in [-0.15, -0.1) is 0 Å². The number of amides is 1. The van der Waals surface area contributed by atoms with Crippen LogP contribution in [0.2, 0.25) is 0 Å². The van der Waals surface area contributed by atoms with Crippen LogP contribution in [0.1, 0.15) is 38.5 Å². The number of alkyl halides is 6. The summed E-state index contributed by atoms with van der Waals surface area (Å²) in [5, 5.41) is 14.0. The third kappa shape index (κ3) is 6.66. The van der Waals surface area contributed by atoms with E-state index in [1.54, 1.807) is 38.1 Å². The van der Waals surface area contributed by atoms with Crippen LogP contribution >= 0.6 is 0 Å². The van der Waals surface area contributed by atoms with E-state index in [-0.39, 0.29) is 44.4 Å². The van der Waals surface area contributed by atoms with E-state index in [0.717, 1.165) is 0 Å². The third-order valence-electron chi connectivity index (χ3n) is 6.62. The number of piperazine rings is 1. The standard InChI is InChI=1S/C26H27F6N5O3/c1-15-4-5-16(9-21(15)38)8-20-13-36(14-22-33-24(34-40-22)35(2)3)6-7-37(20)23(39)17-10-18(25(27,28)29)12-19(11-17)26(30,31)32/h4-5,9-12,20,38H,6-8,13-14H2,1-3H3/t20-/m1/s1. The number of hydrogen-bond donors (Lipinski definition) is 1. The summed E-state index contributed by atoms with van der Waals surface area (Å²) in [6.45, 7) is 2.42. The lowest BCUT2D eigenvalue weighted by molar-refractivity contribution is -0.143. The Morgan fingerprint density at radius 1 is 1.05 bits per heavy atom. The number of phenols is 1. The van der Waals surface area contributed by atoms with Crippen LogP contribution in [-0.2, 0) is 25.3 Å². The first-order valence-corrected chi connectivity index (χ1v) is 12.2. The minimum atomic E-state index is -5.08. The van der Waals surface area contributed by atoms with Crippen LogP contribution in [0.4, 0.5) is 32.3 Å². The predicted molar refractivity (Wildman–Crippen MR) is 132 cm³/mol. The lowest BCUT2D eigenvalue weighted by atomic mass is 9.98. The summed E-state index contributed by atoms with van der Waals surface area (Å²) in [5.74, 6) is -0.258. The molecule has 8 nitrogen and oxygen atoms in total. The molecule has 0 unspecified atom stereocenters. The van der Waals surface area contributed by atoms with Crippen LogP contribution < -0.4 is 4.90 Å². The molecule has 216 valence electrons. The maximum Gasteiger partial charge on any atom is 0.416 e. The molecule has 1 aromatic heterocycles. The summed E-state index contributed by atoms with van der Waals surface area (Å²) in [6, 6.07) is 5.17. The van der Waals surface area contributed by atoms with E-state index < -0.39 is 41.0 Å². The number of benzene rings is 2. The molecule has 1 N–H and O–H groups in total. The molecule has 0 saturated carbocycles. The third-order valence-corrected chi connectivity index (χ3v) is 6.62. The lowest BCUT2D eigenvalue weighted by Gasteiger charge is -2.41. The highest BCUT2D eigenvalue weighted by molar-refractivity contribution is 5.95. The van der Waals surface area contributed by atoms with Crippen LogP contribution in [0.25, 0.3) is 0 Å². The first-order valence-electron chi connectivity index (χ1n) is 12.2. The maximum atomic E-state index is 13.5. The van der Waals surface area contributed by atoms with Gasteiger partial charge < -0.3 is 19.4 Å². The summed E-state index contributed by atoms with van der Waals surface area (Å²) < 4.78 is 85.9. The molecule has 1 aliphatic heterocycles. The number of phenolic OH excluding ortho intramolecular Hbond substituents is 1. The molecule has 1 aliphatic rings. The fourth-order valence-corrected chi connectivity index (χ4v) is 4.49. The monoisotopic (exact) mass is 571 g/mol. The first kappa shape index (κ1) is 29.2. The molecule has 0 bridgehead atoms. The van der Waals surface area contributed by atoms with Crippen molar-refractivity contribution in [2.24, 2.45) is 0 Å². The van der Waals surface area contributed by atoms with Gasteiger partial charge in [0.1, 0.15) is 5.75 Å². The van der Waals surface area contributed by atoms with Gasteiger partial charge in [-0.3, -0.25) is 9.69 Å². The molecular weight excluding hydrogens is 544 g/mol. The fourth-order valence-electron chi connectivity index (χ4n) is 4.49. The number of aromatic hydroxyl groups is 1. The van der Waals surface area contributed by atoms with E-state index >= 15 is 0 Å². The summed E-state index contributed by atoms with van der Waals surface area (Å²) >= 11 is 0. The number of anilines is 1. The topological polar surface area (TPSA) is 85.9 Å². The molecule has 0 aliphatic carbocycles. The predicted octanol–water partition coefficient (Wildman–Crippen LogP) is 4.76. The second-order valence-corrected chi connectivity index (χ2v) is 9.89. The zero-order valence-electron chi connectivity index (χ0n) is 21.8. The van der Waals surface area contributed by atoms with Gasteiger partial charge in [0, 0.05) is 45.3 Å². The van der Waals surface area contributed by atoms with E-state index in [9.17, 15) is 36.2 Å². The van der Waals surface area contributed by atoms with Gasteiger partial charge in [-0.25, -0.2) is 0 Å². The Bertz CT molecular complexity index is 1340. The van der Waals surface area contributed by atoms with Gasteiger partial charge in [0.25, 0.3) is 11.9 Å². The molecule has 2 heterocycles. The molecule has 2 aromatic carbocycles. The summed E-state index contributed by atoms with van der Waals surface area (Å²) in [6.07, 6.45) is -9.97. The van der Waals surface area contributed by atoms with E-state index in [4.69, 9.17) is 4.52 Å². The second kappa shape index (κ2) is 11.0. The number of nitrogens with zero attached hydrogens (tertiary/aromatic N) is 5. The minimum absolute atomic E-state index is 0.00629. The molecule has 0 radical (unpaired) electrons. The van der Waals surface area contributed by atoms with Gasteiger partial charge in [0.05, 0.1) is 17.7 Å². The van der Waals surface area contributed by atoms with Crippen molar-refractivity contribution >= 4 is 11.9 Å². The van der Waals surface area contributed by atoms with Crippen molar-refractivity contribution in [1.82, 2.24) is 19.9 Å². The number of carbonyl (C=O) groups excluding carboxylic acids is 1. The number of aromatic nitrogens is 2. The van der Waals surface area contributed by atoms with E-state index in [1.807, 2.05) is 4.90 Å². The quantitative estimate of drug-likeness (QED) is 0.428. The van der Waals surface area contributed by atoms with Crippen molar-refractivity contribution in [1.29, 1.82) is 0 Å². The number of halogens is 6. The zero-order valence-corrected chi connectivity index (χ0v) is 21.8. The normalized spacial score (nSPS) is 16.8. The van der Waals surface area contributed by atoms with Gasteiger partial charge in [0.2, 0.25) is 5.89 Å². The Balaban J connectivity index is 1.65. The van der Waals surface area contributed by atoms with Crippen molar-refractivity contribution in [2.75, 3.05) is 38.6 Å². The van der Waals surface area contributed by atoms with E-state index in [2.05, 4.69) is 10.1 Å². The minimum Gasteiger partial charge on any atom is -0.508 e. The number of rotatable bonds is 6. The SMILES string of the molecule is Cc1ccc(C[C@@H]2CN(Cc3nc(N(C)C)no3)CCN2C(=O)c2cc(C(F)(F)F)cc(C(F)(F)F)c2)cc1O. The number of aryl methyl sites for hydroxylation is 1. The van der Waals surface area contributed by atoms with Gasteiger partial charge in [-0.2, -0.15) is 31.3 Å². The highest BCUT2D eigenvalue weighted by Gasteiger charge is 2.39. The van der Waals surface area contributed by atoms with Crippen molar-refractivity contribution in [2.45, 2.75) is 38.3 Å². The molecule has 1 fully saturated rings. The molecule has 0 spiro atoms. The second-order valence-electron chi connectivity index (χ2n) is 9.89. The maximum absolute atomic E-state index is 13.5. The molecule has 14 heteroatoms. The molecule has 1 saturated heterocycles. The Morgan fingerprint density at radius 3 is 2.25 bits per heavy atom. The molecule has 40 heavy (non-hydrogen) atoms. The van der Waals surface area contributed by atoms with Crippen LogP contribution in [0, 0.1) is 6.92 Å². The van der Waals surface area contributed by atoms with Crippen molar-refractivity contribution < 1.29 is 40.8 Å². The average Bonchev–Trinajstić information content (AvgIpc) is 3.34. The van der Waals surface area contributed by atoms with Crippen molar-refractivity contribution in [3.8, 4) is 5.75 Å². The van der Waals surface area contributed by atoms with Crippen molar-refractivity contribution in [3.63, 3.8) is 0 Å². The fraction of sp³-hybridized carbons (Fsp3) is 0.423. The molecule has 3 aromatic rings. The Hall–Kier alpha value is -3.81. The Morgan fingerprint density at radius 2 is 1.70 bits per heavy atom. The molecule has 1 atom stereocenters. The molecule has 1 amide bonds. The number of carbonyl (C=O) groups is 1. The molecular formula is C26H27F6N5O3. The smallest absolute Gasteiger partial charge is 0.416 e. The Labute approximate surface area is 225 Å². The first-order chi connectivity index (χ1) is 18.6. The van der Waals surface area contributed by atoms with E-state index in [0.29, 0.717) is 35.1 Å². The summed E-state index contributed by atoms with van der Waals surface area (Å²) in [4.78, 5) is 22.6. The van der Waals surface area contributed by atoms with Gasteiger partial charge >= 0.3 is 12.4 Å². The highest BCUT2D eigenvalue weighted by atomic mass is 19.4. The van der Waals surface area contributed by atoms with Crippen LogP contribution in [0.5, 0.6) is 5.75 Å². The highest BCUT2D eigenvalue weighted by Crippen LogP contribution is 2.37. The van der Waals surface area contributed by atoms with Gasteiger partial charge in [0.15, 0.2) is 0 Å². The van der Waals surface area contributed by atoms with Crippen molar-refractivity contribution in [3.05, 3.63) is 70.1 Å². The van der Waals surface area contributed by atoms with Crippen LogP contribution in [0.15, 0.2) is 40.9 Å². The lowest BCUT2D eigenvalue weighted by Crippen LogP contribution is -2.55.